The van der Waals surface area contributed by atoms with Crippen molar-refractivity contribution < 1.29 is 0 Å². The first-order chi connectivity index (χ1) is 6.06. The summed E-state index contributed by atoms with van der Waals surface area (Å²) in [5.41, 5.74) is 0. The monoisotopic (exact) mass is 217 g/mol. The lowest BCUT2D eigenvalue weighted by atomic mass is 10.6. The summed E-state index contributed by atoms with van der Waals surface area (Å²) in [5, 5.41) is 3.31. The highest BCUT2D eigenvalue weighted by Gasteiger charge is 2.11. The highest BCUT2D eigenvalue weighted by molar-refractivity contribution is 7.99. The van der Waals surface area contributed by atoms with E-state index in [1.807, 2.05) is 6.08 Å². The fourth-order valence-corrected chi connectivity index (χ4v) is 4.35. The minimum Gasteiger partial charge on any atom is -0.312 e. The van der Waals surface area contributed by atoms with Gasteiger partial charge in [-0.1, -0.05) is 25.7 Å². The molecule has 0 fully saturated rings. The first-order valence-corrected chi connectivity index (χ1v) is 9.82. The van der Waals surface area contributed by atoms with Crippen molar-refractivity contribution in [2.75, 3.05) is 24.6 Å². The van der Waals surface area contributed by atoms with E-state index in [9.17, 15) is 0 Å². The van der Waals surface area contributed by atoms with E-state index in [2.05, 4.69) is 43.3 Å². The van der Waals surface area contributed by atoms with Gasteiger partial charge in [0.05, 0.1) is 0 Å². The highest BCUT2D eigenvalue weighted by Crippen LogP contribution is 2.12. The van der Waals surface area contributed by atoms with Crippen LogP contribution in [-0.4, -0.2) is 32.7 Å². The minimum absolute atomic E-state index is 0.790. The van der Waals surface area contributed by atoms with Crippen molar-refractivity contribution in [3.8, 4) is 0 Å². The second kappa shape index (κ2) is 7.65. The summed E-state index contributed by atoms with van der Waals surface area (Å²) >= 11 is 2.07. The smallest absolute Gasteiger partial charge is 0.0450 e. The highest BCUT2D eigenvalue weighted by atomic mass is 32.2. The van der Waals surface area contributed by atoms with Crippen LogP contribution >= 0.6 is 11.8 Å². The molecule has 1 N–H and O–H groups in total. The molecule has 0 aliphatic heterocycles. The molecule has 78 valence electrons. The van der Waals surface area contributed by atoms with Crippen molar-refractivity contribution in [1.29, 1.82) is 0 Å². The van der Waals surface area contributed by atoms with Crippen LogP contribution in [0.1, 0.15) is 0 Å². The van der Waals surface area contributed by atoms with Crippen LogP contribution in [0.15, 0.2) is 12.7 Å². The minimum atomic E-state index is -0.790. The van der Waals surface area contributed by atoms with Gasteiger partial charge in [-0.2, -0.15) is 11.8 Å². The molecule has 0 aromatic rings. The van der Waals surface area contributed by atoms with Crippen LogP contribution in [0.4, 0.5) is 0 Å². The summed E-state index contributed by atoms with van der Waals surface area (Å²) in [7, 11) is -0.790. The third-order valence-electron chi connectivity index (χ3n) is 1.71. The summed E-state index contributed by atoms with van der Waals surface area (Å²) in [6.45, 7) is 13.0. The van der Waals surface area contributed by atoms with E-state index in [-0.39, 0.29) is 0 Å². The Kier molecular flexibility index (Phi) is 7.81. The van der Waals surface area contributed by atoms with E-state index in [0.717, 1.165) is 13.1 Å². The Morgan fingerprint density at radius 2 is 2.00 bits per heavy atom. The molecule has 0 aromatic heterocycles. The van der Waals surface area contributed by atoms with Crippen molar-refractivity contribution in [3.63, 3.8) is 0 Å². The van der Waals surface area contributed by atoms with Crippen LogP contribution in [-0.2, 0) is 0 Å². The van der Waals surface area contributed by atoms with Crippen LogP contribution in [0.5, 0.6) is 0 Å². The SMILES string of the molecule is C=CCNCCSCC[Si](C)(C)C. The van der Waals surface area contributed by atoms with E-state index in [1.165, 1.54) is 17.5 Å². The van der Waals surface area contributed by atoms with Crippen LogP contribution in [0, 0.1) is 0 Å². The van der Waals surface area contributed by atoms with Gasteiger partial charge < -0.3 is 5.32 Å². The molecule has 0 aliphatic rings. The van der Waals surface area contributed by atoms with E-state index in [4.69, 9.17) is 0 Å². The third kappa shape index (κ3) is 12.3. The molecule has 0 atom stereocenters. The number of rotatable bonds is 8. The maximum atomic E-state index is 3.66. The summed E-state index contributed by atoms with van der Waals surface area (Å²) in [6.07, 6.45) is 1.91. The van der Waals surface area contributed by atoms with E-state index in [1.54, 1.807) is 0 Å². The van der Waals surface area contributed by atoms with Gasteiger partial charge in [0.15, 0.2) is 0 Å². The molecule has 1 nitrogen and oxygen atoms in total. The van der Waals surface area contributed by atoms with Gasteiger partial charge in [-0.15, -0.1) is 6.58 Å². The van der Waals surface area contributed by atoms with Gasteiger partial charge in [-0.05, 0) is 11.8 Å². The second-order valence-corrected chi connectivity index (χ2v) is 11.3. The van der Waals surface area contributed by atoms with Crippen LogP contribution < -0.4 is 5.32 Å². The number of thioether (sulfide) groups is 1. The van der Waals surface area contributed by atoms with E-state index >= 15 is 0 Å². The Morgan fingerprint density at radius 3 is 2.54 bits per heavy atom. The molecular formula is C10H23NSSi. The van der Waals surface area contributed by atoms with Crippen LogP contribution in [0.25, 0.3) is 0 Å². The van der Waals surface area contributed by atoms with Crippen molar-refractivity contribution >= 4 is 19.8 Å². The Balaban J connectivity index is 3.04. The number of hydrogen-bond donors (Lipinski definition) is 1. The third-order valence-corrected chi connectivity index (χ3v) is 4.81. The summed E-state index contributed by atoms with van der Waals surface area (Å²) < 4.78 is 0. The molecule has 13 heavy (non-hydrogen) atoms. The van der Waals surface area contributed by atoms with Crippen molar-refractivity contribution in [2.45, 2.75) is 25.7 Å². The summed E-state index contributed by atoms with van der Waals surface area (Å²) in [4.78, 5) is 0. The molecule has 0 heterocycles. The Morgan fingerprint density at radius 1 is 1.31 bits per heavy atom. The molecule has 0 spiro atoms. The topological polar surface area (TPSA) is 12.0 Å². The maximum absolute atomic E-state index is 3.66. The molecule has 0 amide bonds. The lowest BCUT2D eigenvalue weighted by Crippen LogP contribution is -2.21. The Bertz CT molecular complexity index is 131. The molecule has 0 aromatic carbocycles. The number of nitrogens with one attached hydrogen (secondary N) is 1. The van der Waals surface area contributed by atoms with E-state index in [0.29, 0.717) is 0 Å². The molecule has 0 radical (unpaired) electrons. The summed E-state index contributed by atoms with van der Waals surface area (Å²) in [5.74, 6) is 2.57. The van der Waals surface area contributed by atoms with Gasteiger partial charge in [0.25, 0.3) is 0 Å². The average Bonchev–Trinajstić information content (AvgIpc) is 2.01. The van der Waals surface area contributed by atoms with Gasteiger partial charge >= 0.3 is 0 Å². The lowest BCUT2D eigenvalue weighted by Gasteiger charge is -2.14. The van der Waals surface area contributed by atoms with Gasteiger partial charge in [-0.25, -0.2) is 0 Å². The molecule has 0 unspecified atom stereocenters. The Labute approximate surface area is 88.4 Å². The van der Waals surface area contributed by atoms with Crippen molar-refractivity contribution in [3.05, 3.63) is 12.7 Å². The van der Waals surface area contributed by atoms with Gasteiger partial charge in [0, 0.05) is 26.9 Å². The van der Waals surface area contributed by atoms with Crippen molar-refractivity contribution in [1.82, 2.24) is 5.32 Å². The van der Waals surface area contributed by atoms with Crippen molar-refractivity contribution in [2.24, 2.45) is 0 Å². The predicted octanol–water partition coefficient (Wildman–Crippen LogP) is 2.83. The zero-order valence-electron chi connectivity index (χ0n) is 9.23. The number of hydrogen-bond acceptors (Lipinski definition) is 2. The molecular weight excluding hydrogens is 194 g/mol. The zero-order chi connectivity index (χ0) is 10.2. The quantitative estimate of drug-likeness (QED) is 0.381. The standard InChI is InChI=1S/C10H23NSSi/c1-5-6-11-7-8-12-9-10-13(2,3)4/h5,11H,1,6-10H2,2-4H3. The molecule has 0 bridgehead atoms. The van der Waals surface area contributed by atoms with Gasteiger partial charge in [0.2, 0.25) is 0 Å². The normalized spacial score (nSPS) is 11.6. The van der Waals surface area contributed by atoms with Gasteiger partial charge in [0.1, 0.15) is 0 Å². The first-order valence-electron chi connectivity index (χ1n) is 4.95. The Hall–Kier alpha value is 0.267. The molecule has 0 rings (SSSR count). The van der Waals surface area contributed by atoms with Crippen LogP contribution in [0.2, 0.25) is 25.7 Å². The summed E-state index contributed by atoms with van der Waals surface area (Å²) in [6, 6.07) is 1.44. The molecule has 3 heteroatoms. The fourth-order valence-electron chi connectivity index (χ4n) is 0.829. The fraction of sp³-hybridized carbons (Fsp3) is 0.800. The molecule has 0 saturated heterocycles. The average molecular weight is 217 g/mol. The lowest BCUT2D eigenvalue weighted by molar-refractivity contribution is 0.807. The largest absolute Gasteiger partial charge is 0.312 e. The van der Waals surface area contributed by atoms with Gasteiger partial charge in [-0.3, -0.25) is 0 Å². The predicted molar refractivity (Wildman–Crippen MR) is 68.5 cm³/mol. The molecule has 0 saturated carbocycles. The molecule has 0 aliphatic carbocycles. The van der Waals surface area contributed by atoms with Crippen LogP contribution in [0.3, 0.4) is 0 Å². The first kappa shape index (κ1) is 13.3. The second-order valence-electron chi connectivity index (χ2n) is 4.42. The van der Waals surface area contributed by atoms with E-state index < -0.39 is 8.07 Å². The maximum Gasteiger partial charge on any atom is 0.0450 e. The zero-order valence-corrected chi connectivity index (χ0v) is 11.0.